The quantitative estimate of drug-likeness (QED) is 0.352. The lowest BCUT2D eigenvalue weighted by atomic mass is 9.81. The van der Waals surface area contributed by atoms with Crippen molar-refractivity contribution in [3.63, 3.8) is 0 Å². The molecule has 5 rings (SSSR count). The van der Waals surface area contributed by atoms with Gasteiger partial charge in [0.2, 0.25) is 0 Å². The van der Waals surface area contributed by atoms with Crippen molar-refractivity contribution >= 4 is 57.9 Å². The SMILES string of the molecule is COC1=CC([SiH2]O[SiH2]O[SiH3])C2=Cc3c(ccc4cc5ccccc5cc34)CC2=C1. The highest BCUT2D eigenvalue weighted by atomic mass is 28.3. The van der Waals surface area contributed by atoms with Gasteiger partial charge in [-0.3, -0.25) is 0 Å². The van der Waals surface area contributed by atoms with Crippen LogP contribution in [0.25, 0.3) is 27.6 Å². The van der Waals surface area contributed by atoms with Gasteiger partial charge in [-0.15, -0.1) is 0 Å². The standard InChI is InChI=1S/C23H24O3Si3/c1-24-19-10-18-9-17-7-6-16-8-14-4-2-3-5-15(14)11-20(16)21(17)13-22(18)23(12-19)28-26-29-25-27/h2-8,10-13,23H,9,28-29H2,1,27H3. The summed E-state index contributed by atoms with van der Waals surface area (Å²) in [4.78, 5) is 0. The molecule has 6 heteroatoms. The second-order valence-corrected chi connectivity index (χ2v) is 13.1. The van der Waals surface area contributed by atoms with Gasteiger partial charge in [0.1, 0.15) is 16.2 Å². The van der Waals surface area contributed by atoms with Crippen molar-refractivity contribution in [2.75, 3.05) is 7.11 Å². The van der Waals surface area contributed by atoms with Gasteiger partial charge in [-0.25, -0.2) is 0 Å². The largest absolute Gasteiger partial charge is 0.497 e. The Kier molecular flexibility index (Phi) is 5.11. The van der Waals surface area contributed by atoms with Crippen LogP contribution in [0.4, 0.5) is 0 Å². The van der Waals surface area contributed by atoms with Crippen molar-refractivity contribution in [2.24, 2.45) is 0 Å². The maximum Gasteiger partial charge on any atom is 0.282 e. The fourth-order valence-electron chi connectivity index (χ4n) is 4.47. The van der Waals surface area contributed by atoms with Crippen molar-refractivity contribution in [1.29, 1.82) is 0 Å². The summed E-state index contributed by atoms with van der Waals surface area (Å²) in [6.07, 6.45) is 7.80. The van der Waals surface area contributed by atoms with E-state index in [1.54, 1.807) is 7.11 Å². The highest BCUT2D eigenvalue weighted by Gasteiger charge is 2.27. The van der Waals surface area contributed by atoms with Crippen LogP contribution in [0, 0.1) is 0 Å². The van der Waals surface area contributed by atoms with Crippen LogP contribution < -0.4 is 0 Å². The van der Waals surface area contributed by atoms with Crippen molar-refractivity contribution in [2.45, 2.75) is 12.0 Å². The lowest BCUT2D eigenvalue weighted by Crippen LogP contribution is -2.19. The molecule has 0 aromatic heterocycles. The predicted octanol–water partition coefficient (Wildman–Crippen LogP) is 2.59. The van der Waals surface area contributed by atoms with Crippen LogP contribution in [-0.2, 0) is 19.4 Å². The van der Waals surface area contributed by atoms with E-state index in [1.165, 1.54) is 43.8 Å². The molecular formula is C23H24O3Si3. The van der Waals surface area contributed by atoms with Crippen molar-refractivity contribution in [1.82, 2.24) is 0 Å². The van der Waals surface area contributed by atoms with Gasteiger partial charge in [-0.1, -0.05) is 42.5 Å². The summed E-state index contributed by atoms with van der Waals surface area (Å²) in [6, 6.07) is 17.8. The van der Waals surface area contributed by atoms with E-state index in [4.69, 9.17) is 13.0 Å². The highest BCUT2D eigenvalue weighted by molar-refractivity contribution is 6.44. The third kappa shape index (κ3) is 3.47. The summed E-state index contributed by atoms with van der Waals surface area (Å²) in [5.74, 6) is 0.960. The second-order valence-electron chi connectivity index (χ2n) is 7.66. The van der Waals surface area contributed by atoms with E-state index in [9.17, 15) is 0 Å². The first kappa shape index (κ1) is 18.8. The second kappa shape index (κ2) is 7.89. The molecule has 0 amide bonds. The van der Waals surface area contributed by atoms with Gasteiger partial charge in [-0.05, 0) is 74.5 Å². The van der Waals surface area contributed by atoms with Crippen molar-refractivity contribution in [3.05, 3.63) is 88.7 Å². The molecule has 3 aromatic carbocycles. The highest BCUT2D eigenvalue weighted by Crippen LogP contribution is 2.42. The van der Waals surface area contributed by atoms with Gasteiger partial charge in [0, 0.05) is 5.54 Å². The maximum absolute atomic E-state index is 6.02. The van der Waals surface area contributed by atoms with Crippen LogP contribution >= 0.6 is 0 Å². The van der Waals surface area contributed by atoms with Crippen LogP contribution in [0.15, 0.2) is 77.6 Å². The molecule has 0 saturated carbocycles. The molecule has 0 saturated heterocycles. The molecular weight excluding hydrogens is 409 g/mol. The number of benzene rings is 3. The topological polar surface area (TPSA) is 27.7 Å². The molecule has 0 radical (unpaired) electrons. The first-order valence-corrected chi connectivity index (χ1v) is 13.3. The minimum absolute atomic E-state index is 0.345. The summed E-state index contributed by atoms with van der Waals surface area (Å²) >= 11 is 0. The first-order valence-electron chi connectivity index (χ1n) is 9.96. The molecule has 146 valence electrons. The molecule has 1 atom stereocenters. The number of hydrogen-bond acceptors (Lipinski definition) is 3. The summed E-state index contributed by atoms with van der Waals surface area (Å²) in [5.41, 5.74) is 5.88. The molecule has 2 aliphatic carbocycles. The number of fused-ring (bicyclic) bond motifs is 5. The number of ether oxygens (including phenoxy) is 1. The minimum atomic E-state index is -0.791. The number of hydrogen-bond donors (Lipinski definition) is 0. The monoisotopic (exact) mass is 432 g/mol. The molecule has 0 bridgehead atoms. The van der Waals surface area contributed by atoms with Crippen LogP contribution in [-0.4, -0.2) is 37.4 Å². The molecule has 0 heterocycles. The zero-order valence-electron chi connectivity index (χ0n) is 16.8. The lowest BCUT2D eigenvalue weighted by Gasteiger charge is -2.29. The zero-order valence-corrected chi connectivity index (χ0v) is 21.6. The van der Waals surface area contributed by atoms with Gasteiger partial charge in [0.05, 0.1) is 7.11 Å². The van der Waals surface area contributed by atoms with E-state index in [0.717, 1.165) is 22.7 Å². The average Bonchev–Trinajstić information content (AvgIpc) is 2.76. The Morgan fingerprint density at radius 1 is 1.00 bits per heavy atom. The summed E-state index contributed by atoms with van der Waals surface area (Å²) < 4.78 is 17.0. The van der Waals surface area contributed by atoms with E-state index >= 15 is 0 Å². The molecule has 0 N–H and O–H groups in total. The van der Waals surface area contributed by atoms with Crippen LogP contribution in [0.5, 0.6) is 0 Å². The summed E-state index contributed by atoms with van der Waals surface area (Å²) in [6.45, 7) is 0. The first-order chi connectivity index (χ1) is 14.3. The van der Waals surface area contributed by atoms with Crippen LogP contribution in [0.3, 0.4) is 0 Å². The molecule has 1 unspecified atom stereocenters. The predicted molar refractivity (Wildman–Crippen MR) is 129 cm³/mol. The summed E-state index contributed by atoms with van der Waals surface area (Å²) in [5, 5.41) is 5.23. The Bertz CT molecular complexity index is 1200. The Morgan fingerprint density at radius 2 is 1.83 bits per heavy atom. The third-order valence-electron chi connectivity index (χ3n) is 5.89. The zero-order chi connectivity index (χ0) is 19.8. The van der Waals surface area contributed by atoms with Gasteiger partial charge in [-0.2, -0.15) is 0 Å². The number of allylic oxidation sites excluding steroid dienone is 4. The summed E-state index contributed by atoms with van der Waals surface area (Å²) in [7, 11) is 0.987. The van der Waals surface area contributed by atoms with E-state index in [-0.39, 0.29) is 0 Å². The minimum Gasteiger partial charge on any atom is -0.497 e. The normalized spacial score (nSPS) is 18.9. The fourth-order valence-corrected chi connectivity index (χ4v) is 8.93. The molecule has 3 aromatic rings. The van der Waals surface area contributed by atoms with Crippen molar-refractivity contribution < 1.29 is 13.0 Å². The van der Waals surface area contributed by atoms with Gasteiger partial charge >= 0.3 is 0 Å². The Hall–Kier alpha value is -2.23. The van der Waals surface area contributed by atoms with E-state index < -0.39 is 19.8 Å². The average molecular weight is 433 g/mol. The molecule has 3 nitrogen and oxygen atoms in total. The lowest BCUT2D eigenvalue weighted by molar-refractivity contribution is 0.303. The van der Waals surface area contributed by atoms with Crippen LogP contribution in [0.1, 0.15) is 11.1 Å². The Morgan fingerprint density at radius 3 is 2.62 bits per heavy atom. The van der Waals surface area contributed by atoms with E-state index in [2.05, 4.69) is 66.8 Å². The third-order valence-corrected chi connectivity index (χ3v) is 9.47. The van der Waals surface area contributed by atoms with Gasteiger partial charge in [0.15, 0.2) is 9.76 Å². The van der Waals surface area contributed by atoms with E-state index in [1.807, 2.05) is 0 Å². The molecule has 29 heavy (non-hydrogen) atoms. The maximum atomic E-state index is 6.02. The fraction of sp³-hybridized carbons (Fsp3) is 0.130. The van der Waals surface area contributed by atoms with E-state index in [0.29, 0.717) is 5.54 Å². The van der Waals surface area contributed by atoms with Gasteiger partial charge in [0.25, 0.3) is 10.0 Å². The van der Waals surface area contributed by atoms with Crippen molar-refractivity contribution in [3.8, 4) is 0 Å². The number of rotatable bonds is 5. The van der Waals surface area contributed by atoms with Crippen LogP contribution in [0.2, 0.25) is 5.54 Å². The molecule has 0 aliphatic heterocycles. The molecule has 0 spiro atoms. The molecule has 2 aliphatic rings. The number of methoxy groups -OCH3 is 1. The Balaban J connectivity index is 1.64. The smallest absolute Gasteiger partial charge is 0.282 e. The van der Waals surface area contributed by atoms with Gasteiger partial charge < -0.3 is 13.0 Å². The molecule has 0 fully saturated rings. The Labute approximate surface area is 178 Å².